The molecule has 0 saturated heterocycles. The molecule has 1 heterocycles. The smallest absolute Gasteiger partial charge is 0.216 e. The van der Waals surface area contributed by atoms with Crippen molar-refractivity contribution in [3.8, 4) is 11.6 Å². The van der Waals surface area contributed by atoms with Crippen molar-refractivity contribution in [1.82, 2.24) is 9.97 Å². The third-order valence-electron chi connectivity index (χ3n) is 2.64. The van der Waals surface area contributed by atoms with Gasteiger partial charge >= 0.3 is 0 Å². The molecule has 5 nitrogen and oxygen atoms in total. The lowest BCUT2D eigenvalue weighted by atomic mass is 10.1. The standard InChI is InChI=1S/C14H16N2O3/c1-3-19-11-6-4-5-10(7-11)14(17)12-8-13(18-2)16-9-15-12/h4-9,14,17H,3H2,1-2H3. The number of aromatic nitrogens is 2. The Labute approximate surface area is 111 Å². The summed E-state index contributed by atoms with van der Waals surface area (Å²) in [7, 11) is 1.52. The van der Waals surface area contributed by atoms with Gasteiger partial charge in [-0.1, -0.05) is 12.1 Å². The first kappa shape index (κ1) is 13.3. The van der Waals surface area contributed by atoms with Crippen molar-refractivity contribution in [3.63, 3.8) is 0 Å². The number of ether oxygens (including phenoxy) is 2. The fraction of sp³-hybridized carbons (Fsp3) is 0.286. The second kappa shape index (κ2) is 6.15. The molecule has 1 N–H and O–H groups in total. The van der Waals surface area contributed by atoms with E-state index in [1.54, 1.807) is 12.1 Å². The highest BCUT2D eigenvalue weighted by atomic mass is 16.5. The molecule has 2 aromatic rings. The van der Waals surface area contributed by atoms with Crippen molar-refractivity contribution in [2.45, 2.75) is 13.0 Å². The third kappa shape index (κ3) is 3.20. The molecule has 0 saturated carbocycles. The number of nitrogens with zero attached hydrogens (tertiary/aromatic N) is 2. The molecule has 1 atom stereocenters. The van der Waals surface area contributed by atoms with E-state index in [0.29, 0.717) is 23.7 Å². The van der Waals surface area contributed by atoms with Crippen LogP contribution in [0.15, 0.2) is 36.7 Å². The molecule has 2 rings (SSSR count). The van der Waals surface area contributed by atoms with Crippen molar-refractivity contribution >= 4 is 0 Å². The zero-order chi connectivity index (χ0) is 13.7. The number of hydrogen-bond donors (Lipinski definition) is 1. The second-order valence-corrected chi connectivity index (χ2v) is 3.89. The van der Waals surface area contributed by atoms with Gasteiger partial charge in [0, 0.05) is 6.07 Å². The van der Waals surface area contributed by atoms with E-state index in [9.17, 15) is 5.11 Å². The van der Waals surface area contributed by atoms with Crippen molar-refractivity contribution in [2.75, 3.05) is 13.7 Å². The van der Waals surface area contributed by atoms with Crippen LogP contribution in [-0.4, -0.2) is 28.8 Å². The number of methoxy groups -OCH3 is 1. The highest BCUT2D eigenvalue weighted by molar-refractivity contribution is 5.34. The minimum atomic E-state index is -0.836. The summed E-state index contributed by atoms with van der Waals surface area (Å²) in [6, 6.07) is 8.91. The predicted molar refractivity (Wildman–Crippen MR) is 70.3 cm³/mol. The topological polar surface area (TPSA) is 64.5 Å². The van der Waals surface area contributed by atoms with Crippen LogP contribution in [0, 0.1) is 0 Å². The van der Waals surface area contributed by atoms with Crippen LogP contribution in [0.3, 0.4) is 0 Å². The average Bonchev–Trinajstić information content (AvgIpc) is 2.47. The van der Waals surface area contributed by atoms with Gasteiger partial charge in [0.25, 0.3) is 0 Å². The van der Waals surface area contributed by atoms with Crippen LogP contribution in [0.4, 0.5) is 0 Å². The van der Waals surface area contributed by atoms with E-state index >= 15 is 0 Å². The minimum absolute atomic E-state index is 0.421. The number of benzene rings is 1. The molecule has 0 fully saturated rings. The van der Waals surface area contributed by atoms with Gasteiger partial charge in [-0.2, -0.15) is 0 Å². The second-order valence-electron chi connectivity index (χ2n) is 3.89. The van der Waals surface area contributed by atoms with Gasteiger partial charge in [-0.3, -0.25) is 0 Å². The van der Waals surface area contributed by atoms with Crippen molar-refractivity contribution < 1.29 is 14.6 Å². The molecule has 100 valence electrons. The molecule has 0 radical (unpaired) electrons. The summed E-state index contributed by atoms with van der Waals surface area (Å²) in [4.78, 5) is 7.97. The Kier molecular flexibility index (Phi) is 4.30. The number of hydrogen-bond acceptors (Lipinski definition) is 5. The normalized spacial score (nSPS) is 11.9. The van der Waals surface area contributed by atoms with Crippen LogP contribution in [0.2, 0.25) is 0 Å². The van der Waals surface area contributed by atoms with E-state index < -0.39 is 6.10 Å². The molecule has 0 amide bonds. The Morgan fingerprint density at radius 3 is 2.84 bits per heavy atom. The Morgan fingerprint density at radius 2 is 2.11 bits per heavy atom. The largest absolute Gasteiger partial charge is 0.494 e. The van der Waals surface area contributed by atoms with Gasteiger partial charge < -0.3 is 14.6 Å². The summed E-state index contributed by atoms with van der Waals surface area (Å²) in [6.45, 7) is 2.50. The summed E-state index contributed by atoms with van der Waals surface area (Å²) in [5.41, 5.74) is 1.20. The van der Waals surface area contributed by atoms with Crippen LogP contribution >= 0.6 is 0 Å². The Hall–Kier alpha value is -2.14. The Balaban J connectivity index is 2.27. The monoisotopic (exact) mass is 260 g/mol. The van der Waals surface area contributed by atoms with Crippen LogP contribution in [-0.2, 0) is 0 Å². The lowest BCUT2D eigenvalue weighted by Gasteiger charge is -2.12. The first-order chi connectivity index (χ1) is 9.24. The quantitative estimate of drug-likeness (QED) is 0.890. The van der Waals surface area contributed by atoms with Gasteiger partial charge in [-0.05, 0) is 24.6 Å². The molecule has 0 aliphatic heterocycles. The van der Waals surface area contributed by atoms with Gasteiger partial charge in [-0.15, -0.1) is 0 Å². The SMILES string of the molecule is CCOc1cccc(C(O)c2cc(OC)ncn2)c1. The summed E-state index contributed by atoms with van der Waals surface area (Å²) >= 11 is 0. The van der Waals surface area contributed by atoms with E-state index in [1.165, 1.54) is 13.4 Å². The van der Waals surface area contributed by atoms with Gasteiger partial charge in [0.2, 0.25) is 5.88 Å². The molecule has 1 aromatic heterocycles. The number of aliphatic hydroxyl groups is 1. The summed E-state index contributed by atoms with van der Waals surface area (Å²) in [5.74, 6) is 1.14. The molecular weight excluding hydrogens is 244 g/mol. The van der Waals surface area contributed by atoms with Crippen molar-refractivity contribution in [3.05, 3.63) is 47.9 Å². The van der Waals surface area contributed by atoms with Crippen molar-refractivity contribution in [1.29, 1.82) is 0 Å². The van der Waals surface area contributed by atoms with E-state index in [1.807, 2.05) is 25.1 Å². The molecule has 0 aliphatic rings. The summed E-state index contributed by atoms with van der Waals surface area (Å²) in [5, 5.41) is 10.3. The van der Waals surface area contributed by atoms with E-state index in [0.717, 1.165) is 5.75 Å². The first-order valence-electron chi connectivity index (χ1n) is 6.01. The van der Waals surface area contributed by atoms with Crippen LogP contribution in [0.5, 0.6) is 11.6 Å². The van der Waals surface area contributed by atoms with Gasteiger partial charge in [0.15, 0.2) is 0 Å². The average molecular weight is 260 g/mol. The fourth-order valence-corrected chi connectivity index (χ4v) is 1.73. The molecule has 0 spiro atoms. The van der Waals surface area contributed by atoms with Crippen molar-refractivity contribution in [2.24, 2.45) is 0 Å². The van der Waals surface area contributed by atoms with E-state index in [2.05, 4.69) is 9.97 Å². The van der Waals surface area contributed by atoms with Gasteiger partial charge in [0.1, 0.15) is 18.2 Å². The predicted octanol–water partition coefficient (Wildman–Crippen LogP) is 1.97. The van der Waals surface area contributed by atoms with E-state index in [-0.39, 0.29) is 0 Å². The van der Waals surface area contributed by atoms with Crippen LogP contribution in [0.25, 0.3) is 0 Å². The molecule has 1 aromatic carbocycles. The highest BCUT2D eigenvalue weighted by Gasteiger charge is 2.13. The third-order valence-corrected chi connectivity index (χ3v) is 2.64. The summed E-state index contributed by atoms with van der Waals surface area (Å²) in [6.07, 6.45) is 0.529. The molecule has 19 heavy (non-hydrogen) atoms. The minimum Gasteiger partial charge on any atom is -0.494 e. The Morgan fingerprint density at radius 1 is 1.26 bits per heavy atom. The zero-order valence-electron chi connectivity index (χ0n) is 10.9. The molecule has 0 bridgehead atoms. The maximum atomic E-state index is 10.3. The summed E-state index contributed by atoms with van der Waals surface area (Å²) < 4.78 is 10.4. The van der Waals surface area contributed by atoms with Gasteiger partial charge in [0.05, 0.1) is 19.4 Å². The molecular formula is C14H16N2O3. The lowest BCUT2D eigenvalue weighted by Crippen LogP contribution is -2.04. The first-order valence-corrected chi connectivity index (χ1v) is 6.01. The molecule has 0 aliphatic carbocycles. The van der Waals surface area contributed by atoms with Crippen LogP contribution in [0.1, 0.15) is 24.3 Å². The number of aliphatic hydroxyl groups excluding tert-OH is 1. The lowest BCUT2D eigenvalue weighted by molar-refractivity contribution is 0.213. The van der Waals surface area contributed by atoms with Gasteiger partial charge in [-0.25, -0.2) is 9.97 Å². The maximum absolute atomic E-state index is 10.3. The van der Waals surface area contributed by atoms with Crippen LogP contribution < -0.4 is 9.47 Å². The number of rotatable bonds is 5. The zero-order valence-corrected chi connectivity index (χ0v) is 10.9. The Bertz CT molecular complexity index is 546. The van der Waals surface area contributed by atoms with E-state index in [4.69, 9.17) is 9.47 Å². The fourth-order valence-electron chi connectivity index (χ4n) is 1.73. The maximum Gasteiger partial charge on any atom is 0.216 e. The highest BCUT2D eigenvalue weighted by Crippen LogP contribution is 2.25. The molecule has 1 unspecified atom stereocenters. The molecule has 5 heteroatoms.